The highest BCUT2D eigenvalue weighted by Crippen LogP contribution is 2.39. The number of aryl methyl sites for hydroxylation is 1. The molecule has 0 heterocycles. The Balaban J connectivity index is 2.16. The molecule has 1 aliphatic rings. The molecule has 1 aliphatic carbocycles. The maximum absolute atomic E-state index is 3.65. The highest BCUT2D eigenvalue weighted by Gasteiger charge is 2.27. The first-order valence-electron chi connectivity index (χ1n) is 7.89. The average Bonchev–Trinajstić information content (AvgIpc) is 2.40. The number of hydrogen-bond donors (Lipinski definition) is 1. The van der Waals surface area contributed by atoms with E-state index in [0.717, 1.165) is 11.8 Å². The van der Waals surface area contributed by atoms with E-state index in [-0.39, 0.29) is 0 Å². The van der Waals surface area contributed by atoms with Gasteiger partial charge in [-0.15, -0.1) is 0 Å². The van der Waals surface area contributed by atoms with Crippen LogP contribution in [0.15, 0.2) is 18.2 Å². The van der Waals surface area contributed by atoms with E-state index in [4.69, 9.17) is 0 Å². The summed E-state index contributed by atoms with van der Waals surface area (Å²) >= 11 is 0. The lowest BCUT2D eigenvalue weighted by molar-refractivity contribution is 0.288. The number of nitrogens with one attached hydrogen (secondary N) is 1. The van der Waals surface area contributed by atoms with Crippen molar-refractivity contribution in [3.63, 3.8) is 0 Å². The summed E-state index contributed by atoms with van der Waals surface area (Å²) in [5, 5.41) is 3.65. The van der Waals surface area contributed by atoms with E-state index in [0.29, 0.717) is 6.04 Å². The van der Waals surface area contributed by atoms with Crippen LogP contribution in [0.4, 0.5) is 0 Å². The molecule has 0 aliphatic heterocycles. The highest BCUT2D eigenvalue weighted by atomic mass is 14.9. The number of hydrogen-bond acceptors (Lipinski definition) is 1. The SMILES string of the molecule is Cc1cccc(C2CCCCC2CNC(C)C)c1C. The Kier molecular flexibility index (Phi) is 5.04. The van der Waals surface area contributed by atoms with E-state index >= 15 is 0 Å². The maximum Gasteiger partial charge on any atom is 0.00104 e. The first-order valence-corrected chi connectivity index (χ1v) is 7.89. The Morgan fingerprint density at radius 2 is 1.89 bits per heavy atom. The van der Waals surface area contributed by atoms with Crippen molar-refractivity contribution in [2.75, 3.05) is 6.54 Å². The summed E-state index contributed by atoms with van der Waals surface area (Å²) in [6.07, 6.45) is 5.56. The molecule has 1 nitrogen and oxygen atoms in total. The van der Waals surface area contributed by atoms with Crippen molar-refractivity contribution >= 4 is 0 Å². The van der Waals surface area contributed by atoms with Gasteiger partial charge in [0.25, 0.3) is 0 Å². The summed E-state index contributed by atoms with van der Waals surface area (Å²) in [4.78, 5) is 0. The molecule has 1 heteroatoms. The molecule has 1 aromatic carbocycles. The van der Waals surface area contributed by atoms with Crippen LogP contribution in [0.5, 0.6) is 0 Å². The second kappa shape index (κ2) is 6.56. The van der Waals surface area contributed by atoms with Gasteiger partial charge in [-0.1, -0.05) is 44.9 Å². The Morgan fingerprint density at radius 1 is 1.16 bits per heavy atom. The van der Waals surface area contributed by atoms with E-state index < -0.39 is 0 Å². The maximum atomic E-state index is 3.65. The molecule has 19 heavy (non-hydrogen) atoms. The van der Waals surface area contributed by atoms with Gasteiger partial charge in [-0.25, -0.2) is 0 Å². The monoisotopic (exact) mass is 259 g/mol. The van der Waals surface area contributed by atoms with Gasteiger partial charge in [0, 0.05) is 6.04 Å². The molecule has 2 rings (SSSR count). The van der Waals surface area contributed by atoms with Crippen molar-refractivity contribution < 1.29 is 0 Å². The molecule has 0 amide bonds. The van der Waals surface area contributed by atoms with Crippen molar-refractivity contribution in [3.05, 3.63) is 34.9 Å². The zero-order chi connectivity index (χ0) is 13.8. The molecule has 0 saturated heterocycles. The molecule has 1 saturated carbocycles. The minimum absolute atomic E-state index is 0.598. The first-order chi connectivity index (χ1) is 9.09. The molecule has 1 aromatic rings. The van der Waals surface area contributed by atoms with Crippen LogP contribution in [0.25, 0.3) is 0 Å². The largest absolute Gasteiger partial charge is 0.314 e. The average molecular weight is 259 g/mol. The van der Waals surface area contributed by atoms with Crippen LogP contribution < -0.4 is 5.32 Å². The predicted molar refractivity (Wildman–Crippen MR) is 83.8 cm³/mol. The van der Waals surface area contributed by atoms with Crippen LogP contribution in [-0.4, -0.2) is 12.6 Å². The summed E-state index contributed by atoms with van der Waals surface area (Å²) in [5.41, 5.74) is 4.57. The molecule has 106 valence electrons. The second-order valence-corrected chi connectivity index (χ2v) is 6.50. The molecule has 0 bridgehead atoms. The van der Waals surface area contributed by atoms with Gasteiger partial charge < -0.3 is 5.32 Å². The fourth-order valence-corrected chi connectivity index (χ4v) is 3.42. The van der Waals surface area contributed by atoms with Gasteiger partial charge in [-0.3, -0.25) is 0 Å². The Hall–Kier alpha value is -0.820. The smallest absolute Gasteiger partial charge is 0.00104 e. The third kappa shape index (κ3) is 3.60. The zero-order valence-corrected chi connectivity index (χ0v) is 13.0. The van der Waals surface area contributed by atoms with E-state index in [1.165, 1.54) is 43.4 Å². The molecule has 2 unspecified atom stereocenters. The van der Waals surface area contributed by atoms with Gasteiger partial charge in [-0.05, 0) is 61.8 Å². The normalized spacial score (nSPS) is 23.8. The molecule has 0 radical (unpaired) electrons. The van der Waals surface area contributed by atoms with Gasteiger partial charge in [0.05, 0.1) is 0 Å². The minimum Gasteiger partial charge on any atom is -0.314 e. The lowest BCUT2D eigenvalue weighted by atomic mass is 9.74. The summed E-state index contributed by atoms with van der Waals surface area (Å²) < 4.78 is 0. The summed E-state index contributed by atoms with van der Waals surface area (Å²) in [6, 6.07) is 7.43. The van der Waals surface area contributed by atoms with Crippen molar-refractivity contribution in [1.29, 1.82) is 0 Å². The van der Waals surface area contributed by atoms with Gasteiger partial charge >= 0.3 is 0 Å². The number of rotatable bonds is 4. The van der Waals surface area contributed by atoms with Crippen LogP contribution in [0, 0.1) is 19.8 Å². The van der Waals surface area contributed by atoms with Gasteiger partial charge in [-0.2, -0.15) is 0 Å². The lowest BCUT2D eigenvalue weighted by Gasteiger charge is -2.34. The standard InChI is InChI=1S/C18H29N/c1-13(2)19-12-16-9-5-6-10-18(16)17-11-7-8-14(3)15(17)4/h7-8,11,13,16,18-19H,5-6,9-10,12H2,1-4H3. The summed E-state index contributed by atoms with van der Waals surface area (Å²) in [5.74, 6) is 1.58. The van der Waals surface area contributed by atoms with Crippen LogP contribution in [-0.2, 0) is 0 Å². The predicted octanol–water partition coefficient (Wildman–Crippen LogP) is 4.58. The molecule has 0 spiro atoms. The fourth-order valence-electron chi connectivity index (χ4n) is 3.42. The van der Waals surface area contributed by atoms with Gasteiger partial charge in [0.15, 0.2) is 0 Å². The Bertz CT molecular complexity index is 408. The van der Waals surface area contributed by atoms with Crippen LogP contribution in [0.1, 0.15) is 62.1 Å². The van der Waals surface area contributed by atoms with Crippen molar-refractivity contribution in [2.45, 2.75) is 65.3 Å². The number of benzene rings is 1. The van der Waals surface area contributed by atoms with Crippen molar-refractivity contribution in [3.8, 4) is 0 Å². The Labute approximate surface area is 118 Å². The topological polar surface area (TPSA) is 12.0 Å². The van der Waals surface area contributed by atoms with E-state index in [1.807, 2.05) is 0 Å². The van der Waals surface area contributed by atoms with Gasteiger partial charge in [0.2, 0.25) is 0 Å². The lowest BCUT2D eigenvalue weighted by Crippen LogP contribution is -2.33. The molecule has 0 aromatic heterocycles. The molecular weight excluding hydrogens is 230 g/mol. The Morgan fingerprint density at radius 3 is 2.63 bits per heavy atom. The third-order valence-corrected chi connectivity index (χ3v) is 4.74. The van der Waals surface area contributed by atoms with E-state index in [9.17, 15) is 0 Å². The van der Waals surface area contributed by atoms with E-state index in [1.54, 1.807) is 5.56 Å². The molecule has 2 atom stereocenters. The quantitative estimate of drug-likeness (QED) is 0.835. The van der Waals surface area contributed by atoms with Crippen LogP contribution in [0.2, 0.25) is 0 Å². The first kappa shape index (κ1) is 14.6. The highest BCUT2D eigenvalue weighted by molar-refractivity contribution is 5.36. The summed E-state index contributed by atoms with van der Waals surface area (Å²) in [6.45, 7) is 10.2. The van der Waals surface area contributed by atoms with Crippen LogP contribution >= 0.6 is 0 Å². The summed E-state index contributed by atoms with van der Waals surface area (Å²) in [7, 11) is 0. The third-order valence-electron chi connectivity index (χ3n) is 4.74. The molecule has 1 fully saturated rings. The second-order valence-electron chi connectivity index (χ2n) is 6.50. The zero-order valence-electron chi connectivity index (χ0n) is 13.0. The molecular formula is C18H29N. The van der Waals surface area contributed by atoms with Crippen molar-refractivity contribution in [1.82, 2.24) is 5.32 Å². The molecule has 1 N–H and O–H groups in total. The fraction of sp³-hybridized carbons (Fsp3) is 0.667. The van der Waals surface area contributed by atoms with Gasteiger partial charge in [0.1, 0.15) is 0 Å². The minimum atomic E-state index is 0.598. The van der Waals surface area contributed by atoms with Crippen molar-refractivity contribution in [2.24, 2.45) is 5.92 Å². The van der Waals surface area contributed by atoms with E-state index in [2.05, 4.69) is 51.2 Å². The van der Waals surface area contributed by atoms with Crippen LogP contribution in [0.3, 0.4) is 0 Å².